The van der Waals surface area contributed by atoms with Gasteiger partial charge in [0.1, 0.15) is 5.52 Å². The lowest BCUT2D eigenvalue weighted by Gasteiger charge is -2.09. The fourth-order valence-corrected chi connectivity index (χ4v) is 2.42. The number of imidazole rings is 1. The average molecular weight is 303 g/mol. The second kappa shape index (κ2) is 4.10. The molecule has 2 aromatic heterocycles. The van der Waals surface area contributed by atoms with Gasteiger partial charge in [-0.25, -0.2) is 4.98 Å². The number of aromatic nitrogens is 3. The molecular formula is C13H11BrN4. The summed E-state index contributed by atoms with van der Waals surface area (Å²) in [6.45, 7) is 2.05. The van der Waals surface area contributed by atoms with Gasteiger partial charge in [-0.15, -0.1) is 0 Å². The fourth-order valence-electron chi connectivity index (χ4n) is 2.00. The van der Waals surface area contributed by atoms with Crippen LogP contribution in [0.25, 0.3) is 16.7 Å². The van der Waals surface area contributed by atoms with Crippen molar-refractivity contribution in [3.63, 3.8) is 0 Å². The topological polar surface area (TPSA) is 56.7 Å². The third kappa shape index (κ3) is 1.67. The van der Waals surface area contributed by atoms with Gasteiger partial charge in [0.05, 0.1) is 17.4 Å². The molecule has 0 saturated carbocycles. The number of benzene rings is 1. The van der Waals surface area contributed by atoms with E-state index in [1.165, 1.54) is 5.56 Å². The minimum absolute atomic E-state index is 0.462. The molecule has 0 atom stereocenters. The quantitative estimate of drug-likeness (QED) is 0.751. The molecule has 0 bridgehead atoms. The van der Waals surface area contributed by atoms with Crippen LogP contribution in [0.1, 0.15) is 5.56 Å². The van der Waals surface area contributed by atoms with E-state index < -0.39 is 0 Å². The van der Waals surface area contributed by atoms with Gasteiger partial charge in [-0.05, 0) is 46.6 Å². The van der Waals surface area contributed by atoms with Crippen LogP contribution in [0.2, 0.25) is 0 Å². The van der Waals surface area contributed by atoms with Crippen LogP contribution in [0.4, 0.5) is 5.95 Å². The summed E-state index contributed by atoms with van der Waals surface area (Å²) in [5, 5.41) is 0. The van der Waals surface area contributed by atoms with Crippen LogP contribution >= 0.6 is 15.9 Å². The molecule has 3 rings (SSSR count). The highest BCUT2D eigenvalue weighted by molar-refractivity contribution is 9.10. The number of nitrogens with two attached hydrogens (primary N) is 1. The van der Waals surface area contributed by atoms with Crippen molar-refractivity contribution in [1.82, 2.24) is 14.5 Å². The Morgan fingerprint density at radius 1 is 1.28 bits per heavy atom. The number of pyridine rings is 1. The van der Waals surface area contributed by atoms with E-state index in [1.807, 2.05) is 29.7 Å². The van der Waals surface area contributed by atoms with E-state index in [4.69, 9.17) is 5.73 Å². The number of rotatable bonds is 1. The standard InChI is InChI=1S/C13H11BrN4/c1-8-2-3-9(14)12(6-8)18-11-4-5-16-7-10(11)17-13(18)15/h2-7H,1H3,(H2,15,17). The van der Waals surface area contributed by atoms with Crippen LogP contribution < -0.4 is 5.73 Å². The SMILES string of the molecule is Cc1ccc(Br)c(-n2c(N)nc3cnccc32)c1. The van der Waals surface area contributed by atoms with Crippen molar-refractivity contribution in [2.45, 2.75) is 6.92 Å². The van der Waals surface area contributed by atoms with Gasteiger partial charge in [0.15, 0.2) is 0 Å². The summed E-state index contributed by atoms with van der Waals surface area (Å²) in [5.74, 6) is 0.462. The van der Waals surface area contributed by atoms with Crippen LogP contribution in [0.5, 0.6) is 0 Å². The summed E-state index contributed by atoms with van der Waals surface area (Å²) in [7, 11) is 0. The van der Waals surface area contributed by atoms with E-state index in [9.17, 15) is 0 Å². The summed E-state index contributed by atoms with van der Waals surface area (Å²) in [6.07, 6.45) is 3.45. The van der Waals surface area contributed by atoms with Crippen LogP contribution in [0.15, 0.2) is 41.1 Å². The number of fused-ring (bicyclic) bond motifs is 1. The second-order valence-corrected chi connectivity index (χ2v) is 4.98. The van der Waals surface area contributed by atoms with E-state index >= 15 is 0 Å². The van der Waals surface area contributed by atoms with Crippen LogP contribution in [0, 0.1) is 6.92 Å². The van der Waals surface area contributed by atoms with Crippen molar-refractivity contribution < 1.29 is 0 Å². The third-order valence-electron chi connectivity index (χ3n) is 2.83. The normalized spacial score (nSPS) is 11.0. The second-order valence-electron chi connectivity index (χ2n) is 4.12. The lowest BCUT2D eigenvalue weighted by Crippen LogP contribution is -2.01. The number of halogens is 1. The monoisotopic (exact) mass is 302 g/mol. The Hall–Kier alpha value is -1.88. The smallest absolute Gasteiger partial charge is 0.206 e. The first kappa shape index (κ1) is 11.2. The first-order valence-corrected chi connectivity index (χ1v) is 6.30. The van der Waals surface area contributed by atoms with Gasteiger partial charge in [-0.3, -0.25) is 9.55 Å². The molecule has 0 amide bonds. The van der Waals surface area contributed by atoms with E-state index in [-0.39, 0.29) is 0 Å². The van der Waals surface area contributed by atoms with Crippen LogP contribution in [0.3, 0.4) is 0 Å². The molecule has 0 aliphatic heterocycles. The molecule has 0 radical (unpaired) electrons. The predicted octanol–water partition coefficient (Wildman–Crippen LogP) is 3.07. The molecule has 0 spiro atoms. The van der Waals surface area contributed by atoms with Gasteiger partial charge in [-0.2, -0.15) is 0 Å². The molecule has 0 fully saturated rings. The van der Waals surface area contributed by atoms with Gasteiger partial charge in [0.25, 0.3) is 0 Å². The highest BCUT2D eigenvalue weighted by atomic mass is 79.9. The Morgan fingerprint density at radius 2 is 2.11 bits per heavy atom. The molecular weight excluding hydrogens is 292 g/mol. The van der Waals surface area contributed by atoms with Crippen molar-refractivity contribution in [2.24, 2.45) is 0 Å². The van der Waals surface area contributed by atoms with Crippen molar-refractivity contribution in [2.75, 3.05) is 5.73 Å². The van der Waals surface area contributed by atoms with Crippen LogP contribution in [-0.2, 0) is 0 Å². The zero-order valence-corrected chi connectivity index (χ0v) is 11.3. The molecule has 0 aliphatic carbocycles. The Balaban J connectivity index is 2.37. The minimum atomic E-state index is 0.462. The number of nitrogen functional groups attached to an aromatic ring is 1. The maximum Gasteiger partial charge on any atom is 0.206 e. The molecule has 4 nitrogen and oxygen atoms in total. The minimum Gasteiger partial charge on any atom is -0.369 e. The molecule has 90 valence electrons. The van der Waals surface area contributed by atoms with Gasteiger partial charge in [0, 0.05) is 10.7 Å². The van der Waals surface area contributed by atoms with E-state index in [0.29, 0.717) is 5.95 Å². The molecule has 18 heavy (non-hydrogen) atoms. The highest BCUT2D eigenvalue weighted by Crippen LogP contribution is 2.28. The van der Waals surface area contributed by atoms with Gasteiger partial charge in [-0.1, -0.05) is 6.07 Å². The zero-order chi connectivity index (χ0) is 12.7. The summed E-state index contributed by atoms with van der Waals surface area (Å²) < 4.78 is 2.91. The summed E-state index contributed by atoms with van der Waals surface area (Å²) in [4.78, 5) is 8.38. The Morgan fingerprint density at radius 3 is 2.94 bits per heavy atom. The third-order valence-corrected chi connectivity index (χ3v) is 3.50. The molecule has 1 aromatic carbocycles. The van der Waals surface area contributed by atoms with Gasteiger partial charge < -0.3 is 5.73 Å². The molecule has 5 heteroatoms. The lowest BCUT2D eigenvalue weighted by atomic mass is 10.2. The van der Waals surface area contributed by atoms with E-state index in [1.54, 1.807) is 12.4 Å². The molecule has 3 aromatic rings. The zero-order valence-electron chi connectivity index (χ0n) is 9.76. The van der Waals surface area contributed by atoms with Gasteiger partial charge >= 0.3 is 0 Å². The first-order chi connectivity index (χ1) is 8.66. The maximum atomic E-state index is 6.01. The molecule has 0 aliphatic rings. The molecule has 2 heterocycles. The number of hydrogen-bond donors (Lipinski definition) is 1. The van der Waals surface area contributed by atoms with Crippen molar-refractivity contribution in [3.05, 3.63) is 46.7 Å². The summed E-state index contributed by atoms with van der Waals surface area (Å²) in [6, 6.07) is 8.04. The molecule has 0 saturated heterocycles. The predicted molar refractivity (Wildman–Crippen MR) is 75.7 cm³/mol. The highest BCUT2D eigenvalue weighted by Gasteiger charge is 2.12. The average Bonchev–Trinajstić information content (AvgIpc) is 2.68. The molecule has 2 N–H and O–H groups in total. The maximum absolute atomic E-state index is 6.01. The Bertz CT molecular complexity index is 733. The van der Waals surface area contributed by atoms with Crippen LogP contribution in [-0.4, -0.2) is 14.5 Å². The fraction of sp³-hybridized carbons (Fsp3) is 0.0769. The first-order valence-electron chi connectivity index (χ1n) is 5.51. The summed E-state index contributed by atoms with van der Waals surface area (Å²) >= 11 is 3.55. The number of nitrogens with zero attached hydrogens (tertiary/aromatic N) is 3. The number of aryl methyl sites for hydroxylation is 1. The molecule has 0 unspecified atom stereocenters. The van der Waals surface area contributed by atoms with Crippen molar-refractivity contribution in [3.8, 4) is 5.69 Å². The van der Waals surface area contributed by atoms with Gasteiger partial charge in [0.2, 0.25) is 5.95 Å². The lowest BCUT2D eigenvalue weighted by molar-refractivity contribution is 1.10. The van der Waals surface area contributed by atoms with Crippen molar-refractivity contribution in [1.29, 1.82) is 0 Å². The Labute approximate surface area is 113 Å². The number of anilines is 1. The van der Waals surface area contributed by atoms with E-state index in [2.05, 4.69) is 32.0 Å². The Kier molecular flexibility index (Phi) is 2.56. The summed E-state index contributed by atoms with van der Waals surface area (Å²) in [5.41, 5.74) is 9.91. The van der Waals surface area contributed by atoms with E-state index in [0.717, 1.165) is 21.2 Å². The van der Waals surface area contributed by atoms with Crippen molar-refractivity contribution >= 4 is 32.9 Å². The number of hydrogen-bond acceptors (Lipinski definition) is 3. The largest absolute Gasteiger partial charge is 0.369 e.